The molecular weight excluding hydrogens is 511 g/mol. The summed E-state index contributed by atoms with van der Waals surface area (Å²) < 4.78 is 35.1. The van der Waals surface area contributed by atoms with E-state index < -0.39 is 33.7 Å². The summed E-state index contributed by atoms with van der Waals surface area (Å²) in [4.78, 5) is 20.0. The number of para-hydroxylation sites is 1. The van der Waals surface area contributed by atoms with E-state index in [2.05, 4.69) is 38.1 Å². The van der Waals surface area contributed by atoms with Crippen molar-refractivity contribution >= 4 is 71.0 Å². The van der Waals surface area contributed by atoms with E-state index in [1.54, 1.807) is 0 Å². The fourth-order valence-electron chi connectivity index (χ4n) is 3.71. The number of hydrogen-bond donors (Lipinski definition) is 3. The number of benzene rings is 1. The van der Waals surface area contributed by atoms with Gasteiger partial charge in [-0.2, -0.15) is 8.42 Å². The zero-order valence-electron chi connectivity index (χ0n) is 22.2. The number of unbranched alkanes of at least 4 members (excludes halogenated alkanes) is 11. The van der Waals surface area contributed by atoms with Crippen molar-refractivity contribution in [2.75, 3.05) is 0 Å². The van der Waals surface area contributed by atoms with Gasteiger partial charge < -0.3 is 10.2 Å². The van der Waals surface area contributed by atoms with Crippen molar-refractivity contribution in [3.8, 4) is 5.75 Å². The van der Waals surface area contributed by atoms with Crippen LogP contribution in [0.1, 0.15) is 103 Å². The Morgan fingerprint density at radius 2 is 1.36 bits per heavy atom. The molecule has 1 aromatic carbocycles. The van der Waals surface area contributed by atoms with Gasteiger partial charge >= 0.3 is 160 Å². The summed E-state index contributed by atoms with van der Waals surface area (Å²) in [5, 5.41) is 13.9. The van der Waals surface area contributed by atoms with Gasteiger partial charge in [0.15, 0.2) is 5.25 Å². The zero-order valence-corrected chi connectivity index (χ0v) is 26.1. The molecule has 2 unspecified atom stereocenters. The molecule has 0 heterocycles. The van der Waals surface area contributed by atoms with Crippen molar-refractivity contribution in [1.29, 1.82) is 0 Å². The number of carboxylic acid groups (broad SMARTS) is 2. The van der Waals surface area contributed by atoms with E-state index >= 15 is 0 Å². The maximum Gasteiger partial charge on any atom is 0.325 e. The maximum absolute atomic E-state index is 10.2. The van der Waals surface area contributed by atoms with Crippen LogP contribution in [0.3, 0.4) is 0 Å². The number of ether oxygens (including phenoxy) is 1. The van der Waals surface area contributed by atoms with Crippen LogP contribution in [0.5, 0.6) is 5.75 Å². The van der Waals surface area contributed by atoms with Crippen LogP contribution in [0.4, 0.5) is 0 Å². The van der Waals surface area contributed by atoms with Gasteiger partial charge in [0.25, 0.3) is 10.1 Å². The van der Waals surface area contributed by atoms with Crippen LogP contribution in [-0.2, 0) is 26.1 Å². The Hall–Kier alpha value is -0.494. The van der Waals surface area contributed by atoms with Crippen LogP contribution in [0.2, 0.25) is 0 Å². The summed E-state index contributed by atoms with van der Waals surface area (Å²) in [7, 11) is -4.84. The minimum atomic E-state index is -4.84. The van der Waals surface area contributed by atoms with Crippen molar-refractivity contribution in [3.05, 3.63) is 29.8 Å². The first kappa shape index (κ1) is 35.5. The molecule has 1 rings (SSSR count). The van der Waals surface area contributed by atoms with Crippen molar-refractivity contribution in [2.45, 2.75) is 109 Å². The Labute approximate surface area is 250 Å². The Bertz CT molecular complexity index is 842. The standard InChI is InChI=1S/C22H37O.C4H6O7S.K/c1-3-5-6-7-8-9-10-11-12-13-14-15-18-21-19-16-17-20-22(21)23-4-2;5-3(6)1-2(4(7)8)12(9,10)11;/h4,16-17,19-20H,3,5-15,18H2,1-2H3;2H,1H2,(H,5,6)(H,7,8)(H,9,10,11);. The first-order valence-corrected chi connectivity index (χ1v) is 16.4. The number of aliphatic carboxylic acids is 2. The number of hydrogen-bond acceptors (Lipinski definition) is 5. The molecule has 0 spiro atoms. The molecule has 0 saturated carbocycles. The van der Waals surface area contributed by atoms with E-state index in [-0.39, 0.29) is 0 Å². The minimum absolute atomic E-state index is 0.445. The van der Waals surface area contributed by atoms with Crippen molar-refractivity contribution in [3.63, 3.8) is 0 Å². The monoisotopic (exact) mass is 554 g/mol. The van der Waals surface area contributed by atoms with E-state index in [1.165, 1.54) is 89.0 Å². The molecule has 2 atom stereocenters. The molecule has 0 fully saturated rings. The predicted molar refractivity (Wildman–Crippen MR) is 142 cm³/mol. The predicted octanol–water partition coefficient (Wildman–Crippen LogP) is 5.63. The fraction of sp³-hybridized carbons (Fsp3) is 0.692. The molecule has 0 saturated heterocycles. The molecule has 0 radical (unpaired) electrons. The topological polar surface area (TPSA) is 138 Å². The molecular formula is C26H43KO8S. The third-order valence-electron chi connectivity index (χ3n) is 5.63. The third kappa shape index (κ3) is 19.6. The molecule has 1 aromatic rings. The molecule has 0 aliphatic rings. The molecule has 0 aliphatic carbocycles. The van der Waals surface area contributed by atoms with Crippen molar-refractivity contribution in [1.82, 2.24) is 0 Å². The summed E-state index contributed by atoms with van der Waals surface area (Å²) in [6.07, 6.45) is 17.0. The second-order valence-electron chi connectivity index (χ2n) is 9.35. The Morgan fingerprint density at radius 3 is 1.75 bits per heavy atom. The van der Waals surface area contributed by atoms with Gasteiger partial charge in [0, 0.05) is 0 Å². The summed E-state index contributed by atoms with van der Waals surface area (Å²) >= 11 is 0.732. The quantitative estimate of drug-likeness (QED) is 0.114. The van der Waals surface area contributed by atoms with Crippen LogP contribution < -0.4 is 4.74 Å². The fourth-order valence-corrected chi connectivity index (χ4v) is 4.72. The van der Waals surface area contributed by atoms with E-state index in [0.717, 1.165) is 54.7 Å². The van der Waals surface area contributed by atoms with Crippen LogP contribution in [-0.4, -0.2) is 89.5 Å². The second kappa shape index (κ2) is 21.4. The summed E-state index contributed by atoms with van der Waals surface area (Å²) in [5.74, 6) is -2.37. The average Bonchev–Trinajstić information content (AvgIpc) is 2.78. The Morgan fingerprint density at radius 1 is 0.889 bits per heavy atom. The molecule has 0 bridgehead atoms. The molecule has 0 aromatic heterocycles. The molecule has 0 amide bonds. The Kier molecular flexibility index (Phi) is 21.1. The van der Waals surface area contributed by atoms with Gasteiger partial charge in [0.05, 0.1) is 6.42 Å². The summed E-state index contributed by atoms with van der Waals surface area (Å²) in [6.45, 7) is 4.47. The van der Waals surface area contributed by atoms with E-state index in [1.807, 2.05) is 0 Å². The van der Waals surface area contributed by atoms with Crippen molar-refractivity contribution < 1.29 is 37.5 Å². The van der Waals surface area contributed by atoms with Gasteiger partial charge in [-0.1, -0.05) is 39.0 Å². The Balaban J connectivity index is 0.000000860. The summed E-state index contributed by atoms with van der Waals surface area (Å²) in [6, 6.07) is 8.61. The van der Waals surface area contributed by atoms with Gasteiger partial charge in [-0.15, -0.1) is 0 Å². The first-order valence-electron chi connectivity index (χ1n) is 13.1. The van der Waals surface area contributed by atoms with Gasteiger partial charge in [0.2, 0.25) is 0 Å². The number of carbonyl (C=O) groups is 2. The van der Waals surface area contributed by atoms with E-state index in [9.17, 15) is 18.0 Å². The van der Waals surface area contributed by atoms with Crippen molar-refractivity contribution in [2.24, 2.45) is 0 Å². The molecule has 0 aliphatic heterocycles. The number of rotatable bonds is 19. The second-order valence-corrected chi connectivity index (χ2v) is 13.5. The smallest absolute Gasteiger partial charge is 0.325 e. The third-order valence-corrected chi connectivity index (χ3v) is 7.09. The van der Waals surface area contributed by atoms with Crippen LogP contribution >= 0.6 is 0 Å². The number of aryl methyl sites for hydroxylation is 1. The largest absolute Gasteiger partial charge is 0.481 e. The van der Waals surface area contributed by atoms with Crippen LogP contribution in [0.15, 0.2) is 24.3 Å². The van der Waals surface area contributed by atoms with Gasteiger partial charge in [-0.3, -0.25) is 14.1 Å². The first-order chi connectivity index (χ1) is 17.0. The minimum Gasteiger partial charge on any atom is -0.481 e. The zero-order chi connectivity index (χ0) is 27.4. The number of carboxylic acids is 2. The summed E-state index contributed by atoms with van der Waals surface area (Å²) in [5.41, 5.74) is 1.40. The van der Waals surface area contributed by atoms with Crippen LogP contribution in [0, 0.1) is 0 Å². The SMILES string of the molecule is CCCCCCCCCCCCCCc1ccccc1O[CH](C)[K].O=C(O)CC(C(=O)O)S(=O)(=O)O. The van der Waals surface area contributed by atoms with E-state index in [4.69, 9.17) is 19.5 Å². The van der Waals surface area contributed by atoms with Gasteiger partial charge in [0.1, 0.15) is 0 Å². The van der Waals surface area contributed by atoms with E-state index in [0.29, 0.717) is 0.199 Å². The van der Waals surface area contributed by atoms with Crippen LogP contribution in [0.25, 0.3) is 0 Å². The average molecular weight is 555 g/mol. The molecule has 3 N–H and O–H groups in total. The molecule has 202 valence electrons. The normalized spacial score (nSPS) is 12.8. The van der Waals surface area contributed by atoms with Gasteiger partial charge in [-0.25, -0.2) is 0 Å². The molecule has 36 heavy (non-hydrogen) atoms. The molecule has 10 heteroatoms. The molecule has 8 nitrogen and oxygen atoms in total. The maximum atomic E-state index is 10.2. The van der Waals surface area contributed by atoms with Gasteiger partial charge in [-0.05, 0) is 0 Å².